The summed E-state index contributed by atoms with van der Waals surface area (Å²) in [7, 11) is 1.58. The molecule has 1 N–H and O–H groups in total. The Bertz CT molecular complexity index is 605. The maximum Gasteiger partial charge on any atom is 0.187 e. The second-order valence-electron chi connectivity index (χ2n) is 4.16. The van der Waals surface area contributed by atoms with Crippen LogP contribution >= 0.6 is 23.2 Å². The van der Waals surface area contributed by atoms with Gasteiger partial charge in [0.1, 0.15) is 12.0 Å². The van der Waals surface area contributed by atoms with E-state index in [4.69, 9.17) is 27.9 Å². The van der Waals surface area contributed by atoms with Crippen molar-refractivity contribution in [3.8, 4) is 17.0 Å². The number of hydrogen-bond acceptors (Lipinski definition) is 4. The summed E-state index contributed by atoms with van der Waals surface area (Å²) in [6, 6.07) is 5.23. The molecule has 106 valence electrons. The molecule has 0 atom stereocenters. The molecule has 4 nitrogen and oxygen atoms in total. The van der Waals surface area contributed by atoms with Crippen molar-refractivity contribution in [3.63, 3.8) is 0 Å². The standard InChI is InChI=1S/C14H15Cl2N3O/c1-3-6-17-14-13(20-2)12(18-8-19-14)10-7-9(15)4-5-11(10)16/h4-5,7-8H,3,6H2,1-2H3,(H,17,18,19). The molecule has 0 amide bonds. The molecule has 0 saturated heterocycles. The lowest BCUT2D eigenvalue weighted by molar-refractivity contribution is 0.414. The molecule has 0 saturated carbocycles. The Balaban J connectivity index is 2.53. The summed E-state index contributed by atoms with van der Waals surface area (Å²) < 4.78 is 5.43. The second-order valence-corrected chi connectivity index (χ2v) is 5.00. The van der Waals surface area contributed by atoms with E-state index in [1.165, 1.54) is 6.33 Å². The summed E-state index contributed by atoms with van der Waals surface area (Å²) in [6.07, 6.45) is 2.47. The fourth-order valence-electron chi connectivity index (χ4n) is 1.81. The van der Waals surface area contributed by atoms with E-state index in [-0.39, 0.29) is 0 Å². The molecule has 0 bridgehead atoms. The molecular weight excluding hydrogens is 297 g/mol. The monoisotopic (exact) mass is 311 g/mol. The van der Waals surface area contributed by atoms with Gasteiger partial charge in [-0.25, -0.2) is 9.97 Å². The Morgan fingerprint density at radius 3 is 2.75 bits per heavy atom. The normalized spacial score (nSPS) is 10.4. The Hall–Kier alpha value is -1.52. The number of ether oxygens (including phenoxy) is 1. The van der Waals surface area contributed by atoms with Crippen LogP contribution in [-0.4, -0.2) is 23.6 Å². The molecule has 0 fully saturated rings. The maximum atomic E-state index is 6.22. The minimum absolute atomic E-state index is 0.560. The minimum Gasteiger partial charge on any atom is -0.491 e. The second kappa shape index (κ2) is 6.77. The highest BCUT2D eigenvalue weighted by Crippen LogP contribution is 2.37. The van der Waals surface area contributed by atoms with Gasteiger partial charge in [0.25, 0.3) is 0 Å². The van der Waals surface area contributed by atoms with Gasteiger partial charge in [0.15, 0.2) is 11.6 Å². The fraction of sp³-hybridized carbons (Fsp3) is 0.286. The van der Waals surface area contributed by atoms with Gasteiger partial charge in [-0.3, -0.25) is 0 Å². The lowest BCUT2D eigenvalue weighted by atomic mass is 10.1. The predicted molar refractivity (Wildman–Crippen MR) is 82.8 cm³/mol. The van der Waals surface area contributed by atoms with Crippen molar-refractivity contribution in [3.05, 3.63) is 34.6 Å². The summed E-state index contributed by atoms with van der Waals surface area (Å²) in [6.45, 7) is 2.88. The number of rotatable bonds is 5. The number of benzene rings is 1. The van der Waals surface area contributed by atoms with Crippen LogP contribution in [0.1, 0.15) is 13.3 Å². The van der Waals surface area contributed by atoms with Crippen molar-refractivity contribution >= 4 is 29.0 Å². The molecule has 0 radical (unpaired) electrons. The van der Waals surface area contributed by atoms with E-state index >= 15 is 0 Å². The van der Waals surface area contributed by atoms with Gasteiger partial charge in [-0.15, -0.1) is 0 Å². The van der Waals surface area contributed by atoms with Crippen molar-refractivity contribution in [1.82, 2.24) is 9.97 Å². The van der Waals surface area contributed by atoms with Crippen molar-refractivity contribution < 1.29 is 4.74 Å². The van der Waals surface area contributed by atoms with Crippen LogP contribution in [0, 0.1) is 0 Å². The van der Waals surface area contributed by atoms with Crippen LogP contribution in [0.2, 0.25) is 10.0 Å². The fourth-order valence-corrected chi connectivity index (χ4v) is 2.19. The van der Waals surface area contributed by atoms with Crippen LogP contribution < -0.4 is 10.1 Å². The Morgan fingerprint density at radius 1 is 1.25 bits per heavy atom. The Kier molecular flexibility index (Phi) is 5.04. The molecule has 1 aromatic heterocycles. The Labute approximate surface area is 128 Å². The molecule has 2 aromatic rings. The van der Waals surface area contributed by atoms with E-state index in [1.54, 1.807) is 25.3 Å². The Morgan fingerprint density at radius 2 is 2.05 bits per heavy atom. The zero-order valence-electron chi connectivity index (χ0n) is 11.3. The first-order chi connectivity index (χ1) is 9.67. The molecule has 2 rings (SSSR count). The SMILES string of the molecule is CCCNc1ncnc(-c2cc(Cl)ccc2Cl)c1OC. The van der Waals surface area contributed by atoms with Gasteiger partial charge in [0, 0.05) is 17.1 Å². The summed E-state index contributed by atoms with van der Waals surface area (Å²) in [5.41, 5.74) is 1.34. The highest BCUT2D eigenvalue weighted by molar-refractivity contribution is 6.35. The molecule has 0 aliphatic heterocycles. The highest BCUT2D eigenvalue weighted by atomic mass is 35.5. The number of methoxy groups -OCH3 is 1. The van der Waals surface area contributed by atoms with Crippen molar-refractivity contribution in [1.29, 1.82) is 0 Å². The number of nitrogens with zero attached hydrogens (tertiary/aromatic N) is 2. The van der Waals surface area contributed by atoms with E-state index in [0.717, 1.165) is 18.5 Å². The summed E-state index contributed by atoms with van der Waals surface area (Å²) in [5, 5.41) is 4.36. The first kappa shape index (κ1) is 14.9. The minimum atomic E-state index is 0.560. The molecule has 0 aliphatic carbocycles. The lowest BCUT2D eigenvalue weighted by Gasteiger charge is -2.13. The summed E-state index contributed by atoms with van der Waals surface area (Å²) in [4.78, 5) is 8.47. The van der Waals surface area contributed by atoms with Crippen LogP contribution in [0.15, 0.2) is 24.5 Å². The number of anilines is 1. The number of hydrogen-bond donors (Lipinski definition) is 1. The van der Waals surface area contributed by atoms with Crippen molar-refractivity contribution in [2.45, 2.75) is 13.3 Å². The number of halogens is 2. The first-order valence-corrected chi connectivity index (χ1v) is 7.01. The third-order valence-corrected chi connectivity index (χ3v) is 3.30. The molecule has 20 heavy (non-hydrogen) atoms. The van der Waals surface area contributed by atoms with Gasteiger partial charge < -0.3 is 10.1 Å². The van der Waals surface area contributed by atoms with Crippen molar-refractivity contribution in [2.24, 2.45) is 0 Å². The number of nitrogens with one attached hydrogen (secondary N) is 1. The zero-order valence-corrected chi connectivity index (χ0v) is 12.8. The van der Waals surface area contributed by atoms with E-state index in [2.05, 4.69) is 22.2 Å². The molecule has 1 heterocycles. The van der Waals surface area contributed by atoms with Crippen LogP contribution in [-0.2, 0) is 0 Å². The first-order valence-electron chi connectivity index (χ1n) is 6.25. The van der Waals surface area contributed by atoms with E-state index in [9.17, 15) is 0 Å². The molecule has 0 aliphatic rings. The van der Waals surface area contributed by atoms with Gasteiger partial charge >= 0.3 is 0 Å². The maximum absolute atomic E-state index is 6.22. The molecule has 0 unspecified atom stereocenters. The van der Waals surface area contributed by atoms with Gasteiger partial charge in [0.05, 0.1) is 12.1 Å². The van der Waals surface area contributed by atoms with E-state index in [1.807, 2.05) is 0 Å². The smallest absolute Gasteiger partial charge is 0.187 e. The predicted octanol–water partition coefficient (Wildman–Crippen LogP) is 4.28. The molecule has 0 spiro atoms. The average Bonchev–Trinajstić information content (AvgIpc) is 2.47. The third kappa shape index (κ3) is 3.14. The van der Waals surface area contributed by atoms with Gasteiger partial charge in [-0.05, 0) is 24.6 Å². The van der Waals surface area contributed by atoms with E-state index in [0.29, 0.717) is 27.3 Å². The zero-order chi connectivity index (χ0) is 14.5. The van der Waals surface area contributed by atoms with Gasteiger partial charge in [-0.2, -0.15) is 0 Å². The molecular formula is C14H15Cl2N3O. The molecule has 1 aromatic carbocycles. The van der Waals surface area contributed by atoms with Crippen molar-refractivity contribution in [2.75, 3.05) is 19.0 Å². The average molecular weight is 312 g/mol. The van der Waals surface area contributed by atoms with Crippen LogP contribution in [0.3, 0.4) is 0 Å². The van der Waals surface area contributed by atoms with Crippen LogP contribution in [0.5, 0.6) is 5.75 Å². The summed E-state index contributed by atoms with van der Waals surface area (Å²) in [5.74, 6) is 1.21. The van der Waals surface area contributed by atoms with Gasteiger partial charge in [0.2, 0.25) is 0 Å². The van der Waals surface area contributed by atoms with E-state index < -0.39 is 0 Å². The van der Waals surface area contributed by atoms with Crippen LogP contribution in [0.4, 0.5) is 5.82 Å². The quantitative estimate of drug-likeness (QED) is 0.895. The third-order valence-electron chi connectivity index (χ3n) is 2.73. The van der Waals surface area contributed by atoms with Gasteiger partial charge in [-0.1, -0.05) is 30.1 Å². The lowest BCUT2D eigenvalue weighted by Crippen LogP contribution is -2.06. The largest absolute Gasteiger partial charge is 0.491 e. The topological polar surface area (TPSA) is 47.0 Å². The summed E-state index contributed by atoms with van der Waals surface area (Å²) >= 11 is 12.2. The highest BCUT2D eigenvalue weighted by Gasteiger charge is 2.16. The molecule has 6 heteroatoms. The number of aromatic nitrogens is 2. The van der Waals surface area contributed by atoms with Crippen LogP contribution in [0.25, 0.3) is 11.3 Å².